The summed E-state index contributed by atoms with van der Waals surface area (Å²) in [7, 11) is 0. The van der Waals surface area contributed by atoms with Crippen molar-refractivity contribution >= 4 is 5.91 Å². The van der Waals surface area contributed by atoms with Gasteiger partial charge in [0.05, 0.1) is 5.69 Å². The van der Waals surface area contributed by atoms with E-state index in [4.69, 9.17) is 5.73 Å². The van der Waals surface area contributed by atoms with E-state index >= 15 is 0 Å². The minimum atomic E-state index is -0.302. The number of hydrogen-bond donors (Lipinski definition) is 2. The summed E-state index contributed by atoms with van der Waals surface area (Å²) in [6.45, 7) is 2.18. The number of hydrogen-bond acceptors (Lipinski definition) is 3. The van der Waals surface area contributed by atoms with Gasteiger partial charge in [-0.3, -0.25) is 14.7 Å². The number of rotatable bonds is 4. The number of carbonyl (C=O) groups is 1. The maximum Gasteiger partial charge on any atom is 0.264 e. The van der Waals surface area contributed by atoms with E-state index in [-0.39, 0.29) is 18.0 Å². The molecule has 0 spiro atoms. The molecule has 0 bridgehead atoms. The summed E-state index contributed by atoms with van der Waals surface area (Å²) in [4.78, 5) is 23.2. The molecular formula is C14H17N3O2. The van der Waals surface area contributed by atoms with Crippen molar-refractivity contribution in [1.82, 2.24) is 9.78 Å². The van der Waals surface area contributed by atoms with Crippen LogP contribution in [-0.4, -0.2) is 15.7 Å². The Balaban J connectivity index is 2.05. The predicted molar refractivity (Wildman–Crippen MR) is 73.1 cm³/mol. The SMILES string of the molecule is Cc1ccc(CCC(=O)n2[nH]c(=O)cc2CN)cc1. The van der Waals surface area contributed by atoms with Crippen LogP contribution in [0.1, 0.15) is 28.0 Å². The molecule has 19 heavy (non-hydrogen) atoms. The minimum absolute atomic E-state index is 0.150. The molecule has 100 valence electrons. The molecule has 0 atom stereocenters. The molecule has 0 fully saturated rings. The average molecular weight is 259 g/mol. The summed E-state index contributed by atoms with van der Waals surface area (Å²) in [6, 6.07) is 9.39. The van der Waals surface area contributed by atoms with Gasteiger partial charge in [0.15, 0.2) is 0 Å². The summed E-state index contributed by atoms with van der Waals surface area (Å²) in [5, 5.41) is 2.47. The van der Waals surface area contributed by atoms with Crippen molar-refractivity contribution in [3.8, 4) is 0 Å². The Morgan fingerprint density at radius 3 is 2.63 bits per heavy atom. The lowest BCUT2D eigenvalue weighted by molar-refractivity contribution is 0.0883. The molecule has 0 saturated heterocycles. The molecule has 3 N–H and O–H groups in total. The van der Waals surface area contributed by atoms with Crippen molar-refractivity contribution in [3.05, 3.63) is 57.5 Å². The summed E-state index contributed by atoms with van der Waals surface area (Å²) < 4.78 is 1.25. The standard InChI is InChI=1S/C14H17N3O2/c1-10-2-4-11(5-3-10)6-7-14(19)17-12(9-15)8-13(18)16-17/h2-5,8H,6-7,9,15H2,1H3,(H,16,18). The lowest BCUT2D eigenvalue weighted by Crippen LogP contribution is -2.19. The fraction of sp³-hybridized carbons (Fsp3) is 0.286. The maximum absolute atomic E-state index is 12.0. The second-order valence-electron chi connectivity index (χ2n) is 4.53. The van der Waals surface area contributed by atoms with Crippen molar-refractivity contribution in [2.75, 3.05) is 0 Å². The summed E-state index contributed by atoms with van der Waals surface area (Å²) in [6.07, 6.45) is 0.976. The molecule has 0 amide bonds. The molecule has 5 heteroatoms. The number of H-pyrrole nitrogens is 1. The van der Waals surface area contributed by atoms with Crippen molar-refractivity contribution < 1.29 is 4.79 Å². The first kappa shape index (κ1) is 13.3. The van der Waals surface area contributed by atoms with Gasteiger partial charge < -0.3 is 5.73 Å². The fourth-order valence-corrected chi connectivity index (χ4v) is 1.92. The first-order chi connectivity index (χ1) is 9.10. The number of carbonyl (C=O) groups excluding carboxylic acids is 1. The van der Waals surface area contributed by atoms with Crippen molar-refractivity contribution in [1.29, 1.82) is 0 Å². The van der Waals surface area contributed by atoms with E-state index in [2.05, 4.69) is 5.10 Å². The largest absolute Gasteiger partial charge is 0.325 e. The van der Waals surface area contributed by atoms with Gasteiger partial charge in [-0.15, -0.1) is 0 Å². The van der Waals surface area contributed by atoms with Gasteiger partial charge in [0.25, 0.3) is 5.56 Å². The van der Waals surface area contributed by atoms with Gasteiger partial charge in [-0.25, -0.2) is 4.68 Å². The van der Waals surface area contributed by atoms with Gasteiger partial charge in [-0.2, -0.15) is 0 Å². The number of nitrogens with two attached hydrogens (primary N) is 1. The number of aromatic amines is 1. The summed E-state index contributed by atoms with van der Waals surface area (Å²) in [5.74, 6) is -0.150. The van der Waals surface area contributed by atoms with Crippen LogP contribution in [0.4, 0.5) is 0 Å². The normalized spacial score (nSPS) is 10.6. The Kier molecular flexibility index (Phi) is 3.97. The van der Waals surface area contributed by atoms with Crippen LogP contribution in [0.3, 0.4) is 0 Å². The molecule has 0 unspecified atom stereocenters. The zero-order chi connectivity index (χ0) is 13.8. The highest BCUT2D eigenvalue weighted by Gasteiger charge is 2.10. The maximum atomic E-state index is 12.0. The Labute approximate surface area is 111 Å². The van der Waals surface area contributed by atoms with Gasteiger partial charge in [0.1, 0.15) is 0 Å². The number of aryl methyl sites for hydroxylation is 2. The second-order valence-corrected chi connectivity index (χ2v) is 4.53. The van der Waals surface area contributed by atoms with E-state index in [9.17, 15) is 9.59 Å². The molecule has 0 radical (unpaired) electrons. The molecule has 0 saturated carbocycles. The topological polar surface area (TPSA) is 80.9 Å². The van der Waals surface area contributed by atoms with Crippen LogP contribution in [0.5, 0.6) is 0 Å². The van der Waals surface area contributed by atoms with Crippen LogP contribution in [0, 0.1) is 6.92 Å². The molecule has 2 rings (SSSR count). The number of nitrogens with one attached hydrogen (secondary N) is 1. The lowest BCUT2D eigenvalue weighted by Gasteiger charge is -2.05. The number of aromatic nitrogens is 2. The van der Waals surface area contributed by atoms with Crippen LogP contribution in [0.25, 0.3) is 0 Å². The zero-order valence-electron chi connectivity index (χ0n) is 10.8. The monoisotopic (exact) mass is 259 g/mol. The van der Waals surface area contributed by atoms with Crippen LogP contribution in [-0.2, 0) is 13.0 Å². The predicted octanol–water partition coefficient (Wildman–Crippen LogP) is 1.22. The van der Waals surface area contributed by atoms with E-state index in [1.54, 1.807) is 0 Å². The Morgan fingerprint density at radius 1 is 1.32 bits per heavy atom. The number of benzene rings is 1. The highest BCUT2D eigenvalue weighted by atomic mass is 16.2. The third-order valence-corrected chi connectivity index (χ3v) is 3.01. The third-order valence-electron chi connectivity index (χ3n) is 3.01. The van der Waals surface area contributed by atoms with E-state index in [0.29, 0.717) is 18.5 Å². The molecule has 2 aromatic rings. The third kappa shape index (κ3) is 3.20. The number of nitrogens with zero attached hydrogens (tertiary/aromatic N) is 1. The summed E-state index contributed by atoms with van der Waals surface area (Å²) >= 11 is 0. The molecule has 0 aliphatic carbocycles. The molecule has 0 aliphatic rings. The second kappa shape index (κ2) is 5.67. The quantitative estimate of drug-likeness (QED) is 0.866. The van der Waals surface area contributed by atoms with Crippen molar-refractivity contribution in [3.63, 3.8) is 0 Å². The van der Waals surface area contributed by atoms with Crippen LogP contribution < -0.4 is 11.3 Å². The van der Waals surface area contributed by atoms with Crippen LogP contribution >= 0.6 is 0 Å². The Morgan fingerprint density at radius 2 is 2.00 bits per heavy atom. The van der Waals surface area contributed by atoms with Crippen LogP contribution in [0.15, 0.2) is 35.1 Å². The molecule has 5 nitrogen and oxygen atoms in total. The minimum Gasteiger partial charge on any atom is -0.325 e. The van der Waals surface area contributed by atoms with Gasteiger partial charge in [-0.1, -0.05) is 29.8 Å². The van der Waals surface area contributed by atoms with Gasteiger partial charge >= 0.3 is 0 Å². The molecule has 1 aromatic heterocycles. The average Bonchev–Trinajstić information content (AvgIpc) is 2.79. The van der Waals surface area contributed by atoms with Crippen molar-refractivity contribution in [2.24, 2.45) is 5.73 Å². The fourth-order valence-electron chi connectivity index (χ4n) is 1.92. The molecule has 1 aromatic carbocycles. The first-order valence-electron chi connectivity index (χ1n) is 6.20. The first-order valence-corrected chi connectivity index (χ1v) is 6.20. The van der Waals surface area contributed by atoms with Gasteiger partial charge in [0, 0.05) is 19.0 Å². The lowest BCUT2D eigenvalue weighted by atomic mass is 10.1. The zero-order valence-corrected chi connectivity index (χ0v) is 10.8. The highest BCUT2D eigenvalue weighted by Crippen LogP contribution is 2.07. The van der Waals surface area contributed by atoms with Crippen LogP contribution in [0.2, 0.25) is 0 Å². The Hall–Kier alpha value is -2.14. The smallest absolute Gasteiger partial charge is 0.264 e. The van der Waals surface area contributed by atoms with E-state index < -0.39 is 0 Å². The van der Waals surface area contributed by atoms with E-state index in [1.165, 1.54) is 16.3 Å². The van der Waals surface area contributed by atoms with Gasteiger partial charge in [0.2, 0.25) is 5.91 Å². The Bertz CT molecular complexity index is 623. The van der Waals surface area contributed by atoms with Gasteiger partial charge in [-0.05, 0) is 18.9 Å². The highest BCUT2D eigenvalue weighted by molar-refractivity contribution is 5.78. The van der Waals surface area contributed by atoms with E-state index in [0.717, 1.165) is 5.56 Å². The molecular weight excluding hydrogens is 242 g/mol. The van der Waals surface area contributed by atoms with E-state index in [1.807, 2.05) is 31.2 Å². The summed E-state index contributed by atoms with van der Waals surface area (Å²) in [5.41, 5.74) is 7.99. The molecule has 1 heterocycles. The molecule has 0 aliphatic heterocycles. The van der Waals surface area contributed by atoms with Crippen molar-refractivity contribution in [2.45, 2.75) is 26.3 Å².